The van der Waals surface area contributed by atoms with E-state index in [1.165, 1.54) is 12.1 Å². The molecule has 2 aromatic carbocycles. The first-order chi connectivity index (χ1) is 14.2. The Morgan fingerprint density at radius 3 is 2.30 bits per heavy atom. The maximum Gasteiger partial charge on any atom is 0.251 e. The summed E-state index contributed by atoms with van der Waals surface area (Å²) in [5, 5.41) is 5.48. The van der Waals surface area contributed by atoms with Crippen LogP contribution in [0.2, 0.25) is 0 Å². The van der Waals surface area contributed by atoms with Crippen LogP contribution < -0.4 is 16.4 Å². The van der Waals surface area contributed by atoms with Gasteiger partial charge in [0, 0.05) is 12.1 Å². The highest BCUT2D eigenvalue weighted by Crippen LogP contribution is 2.11. The lowest BCUT2D eigenvalue weighted by Crippen LogP contribution is -2.51. The van der Waals surface area contributed by atoms with Crippen LogP contribution in [0.3, 0.4) is 0 Å². The van der Waals surface area contributed by atoms with Crippen molar-refractivity contribution in [3.05, 3.63) is 71.0 Å². The lowest BCUT2D eigenvalue weighted by Gasteiger charge is -2.23. The lowest BCUT2D eigenvalue weighted by atomic mass is 9.97. The molecule has 0 aromatic heterocycles. The Bertz CT molecular complexity index is 897. The summed E-state index contributed by atoms with van der Waals surface area (Å²) in [5.41, 5.74) is 7.63. The van der Waals surface area contributed by atoms with E-state index in [-0.39, 0.29) is 30.6 Å². The smallest absolute Gasteiger partial charge is 0.251 e. The van der Waals surface area contributed by atoms with Crippen LogP contribution in [0, 0.1) is 24.6 Å². The zero-order valence-electron chi connectivity index (χ0n) is 17.4. The summed E-state index contributed by atoms with van der Waals surface area (Å²) in [6, 6.07) is 12.1. The molecule has 30 heavy (non-hydrogen) atoms. The number of hydrogen-bond acceptors (Lipinski definition) is 3. The first kappa shape index (κ1) is 23.1. The minimum Gasteiger partial charge on any atom is -0.369 e. The van der Waals surface area contributed by atoms with Gasteiger partial charge in [-0.05, 0) is 49.1 Å². The zero-order chi connectivity index (χ0) is 22.3. The number of carbonyl (C=O) groups excluding carboxylic acids is 3. The molecule has 0 bridgehead atoms. The van der Waals surface area contributed by atoms with Crippen molar-refractivity contribution in [2.75, 3.05) is 6.54 Å². The maximum absolute atomic E-state index is 13.1. The minimum absolute atomic E-state index is 0.0229. The van der Waals surface area contributed by atoms with Gasteiger partial charge in [0.1, 0.15) is 11.9 Å². The van der Waals surface area contributed by atoms with E-state index in [9.17, 15) is 18.8 Å². The number of nitrogens with two attached hydrogens (primary N) is 1. The molecule has 0 aliphatic rings. The van der Waals surface area contributed by atoms with E-state index in [1.807, 2.05) is 26.8 Å². The Balaban J connectivity index is 2.01. The fraction of sp³-hybridized carbons (Fsp3) is 0.348. The van der Waals surface area contributed by atoms with Gasteiger partial charge in [0.25, 0.3) is 5.91 Å². The molecule has 7 heteroatoms. The van der Waals surface area contributed by atoms with Crippen LogP contribution in [-0.2, 0) is 16.0 Å². The van der Waals surface area contributed by atoms with Crippen LogP contribution in [0.15, 0.2) is 48.5 Å². The average molecular weight is 413 g/mol. The summed E-state index contributed by atoms with van der Waals surface area (Å²) < 4.78 is 13.1. The second-order valence-corrected chi connectivity index (χ2v) is 7.74. The SMILES string of the molecule is Cc1cccc(C(=O)NC(C(=O)NCC(Cc2ccc(F)cc2)C(N)=O)C(C)C)c1. The van der Waals surface area contributed by atoms with Gasteiger partial charge in [0.05, 0.1) is 5.92 Å². The molecule has 0 heterocycles. The average Bonchev–Trinajstić information content (AvgIpc) is 2.69. The molecule has 0 saturated carbocycles. The molecule has 0 saturated heterocycles. The highest BCUT2D eigenvalue weighted by atomic mass is 19.1. The molecule has 6 nitrogen and oxygen atoms in total. The molecule has 2 rings (SSSR count). The van der Waals surface area contributed by atoms with E-state index in [0.717, 1.165) is 11.1 Å². The molecule has 2 aromatic rings. The Morgan fingerprint density at radius 1 is 1.07 bits per heavy atom. The topological polar surface area (TPSA) is 101 Å². The van der Waals surface area contributed by atoms with E-state index in [2.05, 4.69) is 10.6 Å². The van der Waals surface area contributed by atoms with Crippen LogP contribution in [-0.4, -0.2) is 30.3 Å². The third-order valence-electron chi connectivity index (χ3n) is 4.84. The van der Waals surface area contributed by atoms with E-state index >= 15 is 0 Å². The lowest BCUT2D eigenvalue weighted by molar-refractivity contribution is -0.125. The van der Waals surface area contributed by atoms with Crippen molar-refractivity contribution < 1.29 is 18.8 Å². The molecule has 2 atom stereocenters. The number of halogens is 1. The van der Waals surface area contributed by atoms with Crippen molar-refractivity contribution in [2.45, 2.75) is 33.2 Å². The number of rotatable bonds is 9. The van der Waals surface area contributed by atoms with Crippen LogP contribution in [0.25, 0.3) is 0 Å². The van der Waals surface area contributed by atoms with Gasteiger partial charge in [-0.25, -0.2) is 4.39 Å². The summed E-state index contributed by atoms with van der Waals surface area (Å²) in [6.07, 6.45) is 0.276. The van der Waals surface area contributed by atoms with Gasteiger partial charge in [-0.3, -0.25) is 14.4 Å². The third-order valence-corrected chi connectivity index (χ3v) is 4.84. The largest absolute Gasteiger partial charge is 0.369 e. The fourth-order valence-corrected chi connectivity index (χ4v) is 3.06. The van der Waals surface area contributed by atoms with Crippen molar-refractivity contribution in [3.63, 3.8) is 0 Å². The fourth-order valence-electron chi connectivity index (χ4n) is 3.06. The molecular formula is C23H28FN3O3. The van der Waals surface area contributed by atoms with Gasteiger partial charge in [-0.1, -0.05) is 43.7 Å². The second kappa shape index (κ2) is 10.5. The summed E-state index contributed by atoms with van der Waals surface area (Å²) in [4.78, 5) is 37.1. The number of amides is 3. The van der Waals surface area contributed by atoms with Crippen LogP contribution >= 0.6 is 0 Å². The monoisotopic (exact) mass is 413 g/mol. The number of primary amides is 1. The molecule has 0 aliphatic carbocycles. The molecule has 0 radical (unpaired) electrons. The van der Waals surface area contributed by atoms with E-state index < -0.39 is 23.8 Å². The number of hydrogen-bond donors (Lipinski definition) is 3. The normalized spacial score (nSPS) is 12.8. The first-order valence-electron chi connectivity index (χ1n) is 9.86. The van der Waals surface area contributed by atoms with Gasteiger partial charge >= 0.3 is 0 Å². The second-order valence-electron chi connectivity index (χ2n) is 7.74. The van der Waals surface area contributed by atoms with Crippen LogP contribution in [0.4, 0.5) is 4.39 Å². The van der Waals surface area contributed by atoms with Gasteiger partial charge < -0.3 is 16.4 Å². The van der Waals surface area contributed by atoms with Crippen molar-refractivity contribution >= 4 is 17.7 Å². The molecule has 3 amide bonds. The number of aryl methyl sites for hydroxylation is 1. The number of benzene rings is 2. The minimum atomic E-state index is -0.766. The van der Waals surface area contributed by atoms with Crippen molar-refractivity contribution in [2.24, 2.45) is 17.6 Å². The summed E-state index contributed by atoms with van der Waals surface area (Å²) in [5.74, 6) is -2.49. The van der Waals surface area contributed by atoms with E-state index in [1.54, 1.807) is 30.3 Å². The van der Waals surface area contributed by atoms with Gasteiger partial charge in [-0.15, -0.1) is 0 Å². The number of nitrogens with one attached hydrogen (secondary N) is 2. The molecule has 2 unspecified atom stereocenters. The van der Waals surface area contributed by atoms with Gasteiger partial charge in [0.2, 0.25) is 11.8 Å². The zero-order valence-corrected chi connectivity index (χ0v) is 17.4. The summed E-state index contributed by atoms with van der Waals surface area (Å²) in [7, 11) is 0. The van der Waals surface area contributed by atoms with Crippen molar-refractivity contribution in [1.82, 2.24) is 10.6 Å². The Labute approximate surface area is 176 Å². The molecular weight excluding hydrogens is 385 g/mol. The first-order valence-corrected chi connectivity index (χ1v) is 9.86. The Morgan fingerprint density at radius 2 is 1.73 bits per heavy atom. The molecule has 160 valence electrons. The van der Waals surface area contributed by atoms with Crippen molar-refractivity contribution in [3.8, 4) is 0 Å². The standard InChI is InChI=1S/C23H28FN3O3/c1-14(2)20(27-22(29)17-6-4-5-15(3)11-17)23(30)26-13-18(21(25)28)12-16-7-9-19(24)10-8-16/h4-11,14,18,20H,12-13H2,1-3H3,(H2,25,28)(H,26,30)(H,27,29). The van der Waals surface area contributed by atoms with E-state index in [0.29, 0.717) is 5.56 Å². The van der Waals surface area contributed by atoms with Crippen LogP contribution in [0.1, 0.15) is 35.3 Å². The number of carbonyl (C=O) groups is 3. The van der Waals surface area contributed by atoms with Crippen molar-refractivity contribution in [1.29, 1.82) is 0 Å². The summed E-state index contributed by atoms with van der Waals surface area (Å²) in [6.45, 7) is 5.55. The molecule has 0 spiro atoms. The predicted octanol–water partition coefficient (Wildman–Crippen LogP) is 2.35. The Hall–Kier alpha value is -3.22. The maximum atomic E-state index is 13.1. The highest BCUT2D eigenvalue weighted by molar-refractivity contribution is 5.97. The van der Waals surface area contributed by atoms with E-state index in [4.69, 9.17) is 5.73 Å². The quantitative estimate of drug-likeness (QED) is 0.588. The molecule has 0 fully saturated rings. The van der Waals surface area contributed by atoms with Gasteiger partial charge in [-0.2, -0.15) is 0 Å². The molecule has 0 aliphatic heterocycles. The predicted molar refractivity (Wildman–Crippen MR) is 113 cm³/mol. The van der Waals surface area contributed by atoms with Crippen LogP contribution in [0.5, 0.6) is 0 Å². The third kappa shape index (κ3) is 6.69. The van der Waals surface area contributed by atoms with Gasteiger partial charge in [0.15, 0.2) is 0 Å². The summed E-state index contributed by atoms with van der Waals surface area (Å²) >= 11 is 0. The Kier molecular flexibility index (Phi) is 8.09. The highest BCUT2D eigenvalue weighted by Gasteiger charge is 2.26. The molecule has 4 N–H and O–H groups in total.